The molecule has 0 bridgehead atoms. The van der Waals surface area contributed by atoms with Crippen molar-refractivity contribution in [3.63, 3.8) is 0 Å². The number of nitrogens with zero attached hydrogens (tertiary/aromatic N) is 1. The first kappa shape index (κ1) is 14.7. The Hall–Kier alpha value is -1.69. The fourth-order valence-electron chi connectivity index (χ4n) is 2.00. The summed E-state index contributed by atoms with van der Waals surface area (Å²) in [5, 5.41) is 9.83. The number of fused-ring (bicyclic) bond motifs is 1. The highest BCUT2D eigenvalue weighted by atomic mass is 32.2. The van der Waals surface area contributed by atoms with Crippen LogP contribution in [0.2, 0.25) is 0 Å². The van der Waals surface area contributed by atoms with Crippen molar-refractivity contribution in [3.8, 4) is 11.5 Å². The van der Waals surface area contributed by atoms with Crippen LogP contribution < -0.4 is 4.74 Å². The molecule has 0 aliphatic carbocycles. The van der Waals surface area contributed by atoms with E-state index in [1.54, 1.807) is 20.2 Å². The second kappa shape index (κ2) is 5.01. The van der Waals surface area contributed by atoms with Gasteiger partial charge in [0.25, 0.3) is 5.24 Å². The van der Waals surface area contributed by atoms with Crippen LogP contribution in [0.4, 0.5) is 4.79 Å². The molecule has 6 heteroatoms. The number of phenolic OH excluding ortho intramolecular Hbond substituents is 1. The van der Waals surface area contributed by atoms with Crippen LogP contribution in [-0.2, 0) is 0 Å². The van der Waals surface area contributed by atoms with E-state index >= 15 is 0 Å². The van der Waals surface area contributed by atoms with Crippen molar-refractivity contribution in [1.82, 2.24) is 4.90 Å². The molecule has 1 N–H and O–H groups in total. The lowest BCUT2D eigenvalue weighted by atomic mass is 9.92. The fraction of sp³-hybridized carbons (Fsp3) is 0.429. The van der Waals surface area contributed by atoms with Crippen molar-refractivity contribution in [2.75, 3.05) is 14.1 Å². The van der Waals surface area contributed by atoms with Crippen molar-refractivity contribution in [1.29, 1.82) is 0 Å². The average Bonchev–Trinajstić information content (AvgIpc) is 2.25. The lowest BCUT2D eigenvalue weighted by Crippen LogP contribution is -2.35. The first-order valence-corrected chi connectivity index (χ1v) is 6.99. The maximum atomic E-state index is 12.0. The molecule has 2 rings (SSSR count). The van der Waals surface area contributed by atoms with Crippen LogP contribution in [0.15, 0.2) is 17.0 Å². The topological polar surface area (TPSA) is 66.8 Å². The number of carbonyl (C=O) groups is 2. The molecule has 108 valence electrons. The van der Waals surface area contributed by atoms with Gasteiger partial charge in [-0.1, -0.05) is 0 Å². The lowest BCUT2D eigenvalue weighted by Gasteiger charge is -2.32. The van der Waals surface area contributed by atoms with E-state index in [0.717, 1.165) is 11.8 Å². The number of ketones is 1. The summed E-state index contributed by atoms with van der Waals surface area (Å²) in [6, 6.07) is 3.05. The van der Waals surface area contributed by atoms with Gasteiger partial charge in [-0.05, 0) is 37.7 Å². The smallest absolute Gasteiger partial charge is 0.285 e. The number of hydrogen-bond acceptors (Lipinski definition) is 5. The zero-order chi connectivity index (χ0) is 15.1. The second-order valence-electron chi connectivity index (χ2n) is 5.54. The summed E-state index contributed by atoms with van der Waals surface area (Å²) in [7, 11) is 3.30. The van der Waals surface area contributed by atoms with Crippen LogP contribution in [0.25, 0.3) is 0 Å². The standard InChI is InChI=1S/C14H17NO4S/c1-14(2)7-10(17)12-9(16)5-8(6-11(12)19-14)20-13(18)15(3)4/h5-6,16H,7H2,1-4H3. The highest BCUT2D eigenvalue weighted by Gasteiger charge is 2.34. The number of Topliss-reactive ketones (excluding diaryl/α,β-unsaturated/α-hetero) is 1. The zero-order valence-corrected chi connectivity index (χ0v) is 12.7. The molecule has 0 atom stereocenters. The van der Waals surface area contributed by atoms with Gasteiger partial charge in [0.2, 0.25) is 0 Å². The van der Waals surface area contributed by atoms with Gasteiger partial charge in [-0.3, -0.25) is 9.59 Å². The van der Waals surface area contributed by atoms with Gasteiger partial charge in [-0.15, -0.1) is 0 Å². The van der Waals surface area contributed by atoms with Gasteiger partial charge in [-0.2, -0.15) is 0 Å². The molecule has 1 amide bonds. The minimum Gasteiger partial charge on any atom is -0.507 e. The number of benzene rings is 1. The third-order valence-corrected chi connectivity index (χ3v) is 3.89. The van der Waals surface area contributed by atoms with Crippen LogP contribution in [0.3, 0.4) is 0 Å². The van der Waals surface area contributed by atoms with Crippen LogP contribution in [0.1, 0.15) is 30.6 Å². The van der Waals surface area contributed by atoms with E-state index in [1.165, 1.54) is 11.0 Å². The largest absolute Gasteiger partial charge is 0.507 e. The van der Waals surface area contributed by atoms with Gasteiger partial charge >= 0.3 is 0 Å². The lowest BCUT2D eigenvalue weighted by molar-refractivity contribution is 0.0613. The summed E-state index contributed by atoms with van der Waals surface area (Å²) < 4.78 is 5.73. The Bertz CT molecular complexity index is 581. The minimum absolute atomic E-state index is 0.142. The second-order valence-corrected chi connectivity index (χ2v) is 6.56. The maximum absolute atomic E-state index is 12.0. The monoisotopic (exact) mass is 295 g/mol. The molecule has 1 heterocycles. The Kier molecular flexibility index (Phi) is 3.69. The number of hydrogen-bond donors (Lipinski definition) is 1. The SMILES string of the molecule is CN(C)C(=O)Sc1cc(O)c2c(c1)OC(C)(C)CC2=O. The molecular formula is C14H17NO4S. The summed E-state index contributed by atoms with van der Waals surface area (Å²) >= 11 is 0.976. The van der Waals surface area contributed by atoms with Crippen LogP contribution in [0.5, 0.6) is 11.5 Å². The van der Waals surface area contributed by atoms with Gasteiger partial charge in [0.1, 0.15) is 22.7 Å². The van der Waals surface area contributed by atoms with E-state index in [-0.39, 0.29) is 28.8 Å². The van der Waals surface area contributed by atoms with E-state index < -0.39 is 5.60 Å². The quantitative estimate of drug-likeness (QED) is 0.807. The number of rotatable bonds is 1. The highest BCUT2D eigenvalue weighted by Crippen LogP contribution is 2.41. The van der Waals surface area contributed by atoms with Crippen molar-refractivity contribution in [2.24, 2.45) is 0 Å². The summed E-state index contributed by atoms with van der Waals surface area (Å²) in [5.41, 5.74) is -0.406. The summed E-state index contributed by atoms with van der Waals surface area (Å²) in [6.45, 7) is 3.63. The average molecular weight is 295 g/mol. The van der Waals surface area contributed by atoms with Crippen LogP contribution >= 0.6 is 11.8 Å². The van der Waals surface area contributed by atoms with Gasteiger partial charge < -0.3 is 14.7 Å². The number of phenols is 1. The molecule has 0 saturated carbocycles. The molecule has 1 aliphatic rings. The third-order valence-electron chi connectivity index (χ3n) is 2.88. The Morgan fingerprint density at radius 2 is 2.05 bits per heavy atom. The van der Waals surface area contributed by atoms with E-state index in [9.17, 15) is 14.7 Å². The van der Waals surface area contributed by atoms with Crippen molar-refractivity contribution < 1.29 is 19.4 Å². The number of aromatic hydroxyl groups is 1. The van der Waals surface area contributed by atoms with Crippen molar-refractivity contribution >= 4 is 22.8 Å². The van der Waals surface area contributed by atoms with E-state index in [2.05, 4.69) is 0 Å². The van der Waals surface area contributed by atoms with E-state index in [4.69, 9.17) is 4.74 Å². The summed E-state index contributed by atoms with van der Waals surface area (Å²) in [6.07, 6.45) is 0.219. The molecule has 0 spiro atoms. The predicted octanol–water partition coefficient (Wildman–Crippen LogP) is 2.91. The fourth-order valence-corrected chi connectivity index (χ4v) is 2.72. The van der Waals surface area contributed by atoms with E-state index in [1.807, 2.05) is 13.8 Å². The molecule has 1 aromatic rings. The molecule has 20 heavy (non-hydrogen) atoms. The van der Waals surface area contributed by atoms with Gasteiger partial charge in [-0.25, -0.2) is 0 Å². The van der Waals surface area contributed by atoms with Crippen LogP contribution in [-0.4, -0.2) is 40.7 Å². The maximum Gasteiger partial charge on any atom is 0.285 e. The van der Waals surface area contributed by atoms with E-state index in [0.29, 0.717) is 10.6 Å². The van der Waals surface area contributed by atoms with Crippen molar-refractivity contribution in [2.45, 2.75) is 30.8 Å². The molecule has 0 aromatic heterocycles. The number of ether oxygens (including phenoxy) is 1. The highest BCUT2D eigenvalue weighted by molar-refractivity contribution is 8.13. The zero-order valence-electron chi connectivity index (χ0n) is 11.9. The molecule has 0 fully saturated rings. The first-order valence-electron chi connectivity index (χ1n) is 6.18. The van der Waals surface area contributed by atoms with Crippen LogP contribution in [0, 0.1) is 0 Å². The summed E-state index contributed by atoms with van der Waals surface area (Å²) in [4.78, 5) is 25.7. The molecular weight excluding hydrogens is 278 g/mol. The molecule has 5 nitrogen and oxygen atoms in total. The molecule has 0 unspecified atom stereocenters. The number of carbonyl (C=O) groups excluding carboxylic acids is 2. The normalized spacial score (nSPS) is 16.3. The number of thioether (sulfide) groups is 1. The Morgan fingerprint density at radius 1 is 1.40 bits per heavy atom. The van der Waals surface area contributed by atoms with Crippen molar-refractivity contribution in [3.05, 3.63) is 17.7 Å². The first-order chi connectivity index (χ1) is 9.19. The molecule has 1 aliphatic heterocycles. The minimum atomic E-state index is -0.606. The molecule has 0 radical (unpaired) electrons. The molecule has 0 saturated heterocycles. The molecule has 1 aromatic carbocycles. The number of amides is 1. The van der Waals surface area contributed by atoms with Gasteiger partial charge in [0.05, 0.1) is 6.42 Å². The van der Waals surface area contributed by atoms with Gasteiger partial charge in [0.15, 0.2) is 5.78 Å². The Labute approximate surface area is 121 Å². The summed E-state index contributed by atoms with van der Waals surface area (Å²) in [5.74, 6) is 0.0431. The Balaban J connectivity index is 2.39. The third kappa shape index (κ3) is 2.90. The predicted molar refractivity (Wildman–Crippen MR) is 76.7 cm³/mol. The van der Waals surface area contributed by atoms with Gasteiger partial charge in [0, 0.05) is 19.0 Å². The Morgan fingerprint density at radius 3 is 2.65 bits per heavy atom.